The third-order valence-corrected chi connectivity index (χ3v) is 5.08. The van der Waals surface area contributed by atoms with Crippen molar-refractivity contribution in [3.8, 4) is 11.5 Å². The number of hydrogen-bond donors (Lipinski definition) is 0. The topological polar surface area (TPSA) is 30.9 Å². The SMILES string of the molecule is CCSCCCOc1cc(OC)ccc1C(=S)N1CCOCC1. The molecule has 0 N–H and O–H groups in total. The van der Waals surface area contributed by atoms with Gasteiger partial charge in [0.15, 0.2) is 0 Å². The lowest BCUT2D eigenvalue weighted by Crippen LogP contribution is -2.40. The van der Waals surface area contributed by atoms with E-state index in [1.54, 1.807) is 7.11 Å². The molecule has 0 saturated carbocycles. The number of morpholine rings is 1. The smallest absolute Gasteiger partial charge is 0.133 e. The van der Waals surface area contributed by atoms with Gasteiger partial charge in [0.25, 0.3) is 0 Å². The Morgan fingerprint density at radius 1 is 1.35 bits per heavy atom. The van der Waals surface area contributed by atoms with Crippen LogP contribution in [0, 0.1) is 0 Å². The lowest BCUT2D eigenvalue weighted by atomic mass is 10.1. The molecule has 1 aliphatic heterocycles. The molecule has 0 aliphatic carbocycles. The lowest BCUT2D eigenvalue weighted by molar-refractivity contribution is 0.0692. The maximum Gasteiger partial charge on any atom is 0.133 e. The van der Waals surface area contributed by atoms with E-state index in [-0.39, 0.29) is 0 Å². The molecule has 2 rings (SSSR count). The van der Waals surface area contributed by atoms with Crippen molar-refractivity contribution in [2.45, 2.75) is 13.3 Å². The average Bonchev–Trinajstić information content (AvgIpc) is 2.61. The van der Waals surface area contributed by atoms with Crippen molar-refractivity contribution < 1.29 is 14.2 Å². The highest BCUT2D eigenvalue weighted by Crippen LogP contribution is 2.27. The molecule has 1 aromatic rings. The molecule has 1 aliphatic rings. The molecule has 1 heterocycles. The number of ether oxygens (including phenoxy) is 3. The molecular weight excluding hydrogens is 330 g/mol. The number of nitrogens with zero attached hydrogens (tertiary/aromatic N) is 1. The van der Waals surface area contributed by atoms with E-state index in [2.05, 4.69) is 11.8 Å². The fraction of sp³-hybridized carbons (Fsp3) is 0.588. The first kappa shape index (κ1) is 18.4. The van der Waals surface area contributed by atoms with Gasteiger partial charge in [-0.3, -0.25) is 0 Å². The zero-order valence-electron chi connectivity index (χ0n) is 13.9. The molecule has 0 spiro atoms. The van der Waals surface area contributed by atoms with Crippen molar-refractivity contribution in [2.75, 3.05) is 51.5 Å². The Morgan fingerprint density at radius 2 is 2.13 bits per heavy atom. The van der Waals surface area contributed by atoms with Gasteiger partial charge in [0.05, 0.1) is 32.5 Å². The summed E-state index contributed by atoms with van der Waals surface area (Å²) in [7, 11) is 1.66. The Labute approximate surface area is 148 Å². The van der Waals surface area contributed by atoms with Crippen LogP contribution in [0.4, 0.5) is 0 Å². The van der Waals surface area contributed by atoms with Crippen molar-refractivity contribution in [3.05, 3.63) is 23.8 Å². The molecule has 0 unspecified atom stereocenters. The van der Waals surface area contributed by atoms with Crippen LogP contribution in [0.5, 0.6) is 11.5 Å². The Kier molecular flexibility index (Phi) is 7.99. The second-order valence-corrected chi connectivity index (χ2v) is 6.95. The van der Waals surface area contributed by atoms with Gasteiger partial charge in [-0.2, -0.15) is 11.8 Å². The summed E-state index contributed by atoms with van der Waals surface area (Å²) in [6, 6.07) is 5.85. The first-order chi connectivity index (χ1) is 11.3. The van der Waals surface area contributed by atoms with E-state index in [0.717, 1.165) is 66.3 Å². The highest BCUT2D eigenvalue weighted by atomic mass is 32.2. The summed E-state index contributed by atoms with van der Waals surface area (Å²) in [5.74, 6) is 3.86. The second-order valence-electron chi connectivity index (χ2n) is 5.17. The van der Waals surface area contributed by atoms with Crippen molar-refractivity contribution >= 4 is 29.0 Å². The van der Waals surface area contributed by atoms with Gasteiger partial charge in [-0.1, -0.05) is 19.1 Å². The van der Waals surface area contributed by atoms with Crippen LogP contribution in [0.15, 0.2) is 18.2 Å². The minimum Gasteiger partial charge on any atom is -0.497 e. The molecule has 0 amide bonds. The molecule has 6 heteroatoms. The van der Waals surface area contributed by atoms with Crippen LogP contribution >= 0.6 is 24.0 Å². The molecule has 1 aromatic carbocycles. The van der Waals surface area contributed by atoms with Crippen molar-refractivity contribution in [1.82, 2.24) is 4.90 Å². The number of thiocarbonyl (C=S) groups is 1. The summed E-state index contributed by atoms with van der Waals surface area (Å²) in [5.41, 5.74) is 0.964. The zero-order valence-corrected chi connectivity index (χ0v) is 15.5. The van der Waals surface area contributed by atoms with Crippen LogP contribution < -0.4 is 9.47 Å². The third-order valence-electron chi connectivity index (χ3n) is 3.61. The Balaban J connectivity index is 2.05. The third kappa shape index (κ3) is 5.55. The van der Waals surface area contributed by atoms with E-state index in [1.807, 2.05) is 30.0 Å². The normalized spacial score (nSPS) is 14.6. The van der Waals surface area contributed by atoms with Gasteiger partial charge >= 0.3 is 0 Å². The molecule has 0 radical (unpaired) electrons. The molecule has 1 fully saturated rings. The number of thioether (sulfide) groups is 1. The summed E-state index contributed by atoms with van der Waals surface area (Å²) in [6.07, 6.45) is 1.03. The lowest BCUT2D eigenvalue weighted by Gasteiger charge is -2.30. The molecule has 0 bridgehead atoms. The number of benzene rings is 1. The van der Waals surface area contributed by atoms with Crippen LogP contribution in [-0.2, 0) is 4.74 Å². The van der Waals surface area contributed by atoms with E-state index in [4.69, 9.17) is 26.4 Å². The Hall–Kier alpha value is -0.980. The van der Waals surface area contributed by atoms with Crippen LogP contribution in [-0.4, -0.2) is 61.4 Å². The average molecular weight is 356 g/mol. The molecule has 128 valence electrons. The number of hydrogen-bond acceptors (Lipinski definition) is 5. The summed E-state index contributed by atoms with van der Waals surface area (Å²) >= 11 is 7.60. The highest BCUT2D eigenvalue weighted by Gasteiger charge is 2.19. The summed E-state index contributed by atoms with van der Waals surface area (Å²) in [4.78, 5) is 3.01. The van der Waals surface area contributed by atoms with Gasteiger partial charge < -0.3 is 19.1 Å². The zero-order chi connectivity index (χ0) is 16.5. The largest absolute Gasteiger partial charge is 0.497 e. The van der Waals surface area contributed by atoms with Gasteiger partial charge in [-0.25, -0.2) is 0 Å². The van der Waals surface area contributed by atoms with E-state index in [0.29, 0.717) is 6.61 Å². The fourth-order valence-corrected chi connectivity index (χ4v) is 3.31. The Bertz CT molecular complexity index is 505. The fourth-order valence-electron chi connectivity index (χ4n) is 2.35. The quantitative estimate of drug-likeness (QED) is 0.526. The summed E-state index contributed by atoms with van der Waals surface area (Å²) in [6.45, 7) is 5.97. The van der Waals surface area contributed by atoms with Crippen molar-refractivity contribution in [1.29, 1.82) is 0 Å². The first-order valence-electron chi connectivity index (χ1n) is 8.02. The van der Waals surface area contributed by atoms with Crippen molar-refractivity contribution in [3.63, 3.8) is 0 Å². The Morgan fingerprint density at radius 3 is 2.83 bits per heavy atom. The standard InChI is InChI=1S/C17H25NO3S2/c1-3-23-12-4-9-21-16-13-14(19-2)5-6-15(16)17(22)18-7-10-20-11-8-18/h5-6,13H,3-4,7-12H2,1-2H3. The van der Waals surface area contributed by atoms with E-state index in [9.17, 15) is 0 Å². The number of rotatable bonds is 8. The summed E-state index contributed by atoms with van der Waals surface area (Å²) in [5, 5.41) is 0. The van der Waals surface area contributed by atoms with Gasteiger partial charge in [-0.15, -0.1) is 0 Å². The maximum atomic E-state index is 6.00. The van der Waals surface area contributed by atoms with Crippen molar-refractivity contribution in [2.24, 2.45) is 0 Å². The van der Waals surface area contributed by atoms with Crippen LogP contribution in [0.2, 0.25) is 0 Å². The molecule has 0 aromatic heterocycles. The minimum absolute atomic E-state index is 0.693. The van der Waals surface area contributed by atoms with Crippen LogP contribution in [0.3, 0.4) is 0 Å². The predicted octanol–water partition coefficient (Wildman–Crippen LogP) is 3.22. The van der Waals surface area contributed by atoms with Gasteiger partial charge in [-0.05, 0) is 30.1 Å². The molecule has 4 nitrogen and oxygen atoms in total. The monoisotopic (exact) mass is 355 g/mol. The summed E-state index contributed by atoms with van der Waals surface area (Å²) < 4.78 is 16.7. The van der Waals surface area contributed by atoms with Gasteiger partial charge in [0.1, 0.15) is 16.5 Å². The molecule has 23 heavy (non-hydrogen) atoms. The van der Waals surface area contributed by atoms with Gasteiger partial charge in [0.2, 0.25) is 0 Å². The minimum atomic E-state index is 0.693. The van der Waals surface area contributed by atoms with Gasteiger partial charge in [0, 0.05) is 19.2 Å². The maximum absolute atomic E-state index is 6.00. The number of methoxy groups -OCH3 is 1. The van der Waals surface area contributed by atoms with E-state index >= 15 is 0 Å². The molecular formula is C17H25NO3S2. The van der Waals surface area contributed by atoms with Crippen LogP contribution in [0.1, 0.15) is 18.9 Å². The molecule has 1 saturated heterocycles. The van der Waals surface area contributed by atoms with Crippen LogP contribution in [0.25, 0.3) is 0 Å². The molecule has 0 atom stereocenters. The second kappa shape index (κ2) is 10.0. The van der Waals surface area contributed by atoms with E-state index in [1.165, 1.54) is 0 Å². The predicted molar refractivity (Wildman–Crippen MR) is 100 cm³/mol. The van der Waals surface area contributed by atoms with E-state index < -0.39 is 0 Å². The first-order valence-corrected chi connectivity index (χ1v) is 9.58. The highest BCUT2D eigenvalue weighted by molar-refractivity contribution is 7.99.